The molecule has 0 radical (unpaired) electrons. The van der Waals surface area contributed by atoms with Crippen molar-refractivity contribution in [2.45, 2.75) is 24.9 Å². The van der Waals surface area contributed by atoms with Gasteiger partial charge in [0, 0.05) is 18.4 Å². The number of carboxylic acids is 1. The minimum atomic E-state index is -0.797. The van der Waals surface area contributed by atoms with Crippen LogP contribution in [0.15, 0.2) is 24.3 Å². The van der Waals surface area contributed by atoms with Crippen molar-refractivity contribution in [1.29, 1.82) is 0 Å². The lowest BCUT2D eigenvalue weighted by atomic mass is 9.82. The second kappa shape index (κ2) is 4.75. The number of carboxylic acid groups (broad SMARTS) is 1. The summed E-state index contributed by atoms with van der Waals surface area (Å²) >= 11 is 0. The zero-order valence-electron chi connectivity index (χ0n) is 9.81. The van der Waals surface area contributed by atoms with Gasteiger partial charge in [0.2, 0.25) is 0 Å². The number of hydrogen-bond donors (Lipinski definition) is 1. The van der Waals surface area contributed by atoms with Gasteiger partial charge in [-0.1, -0.05) is 18.2 Å². The van der Waals surface area contributed by atoms with Crippen LogP contribution in [0.5, 0.6) is 5.75 Å². The molecule has 0 spiro atoms. The second-order valence-electron chi connectivity index (χ2n) is 4.19. The van der Waals surface area contributed by atoms with Gasteiger partial charge in [-0.25, -0.2) is 0 Å². The number of ether oxygens (including phenoxy) is 2. The van der Waals surface area contributed by atoms with Gasteiger partial charge < -0.3 is 14.6 Å². The molecule has 2 rings (SSSR count). The van der Waals surface area contributed by atoms with E-state index in [1.165, 1.54) is 0 Å². The van der Waals surface area contributed by atoms with Gasteiger partial charge in [-0.2, -0.15) is 0 Å². The lowest BCUT2D eigenvalue weighted by Gasteiger charge is -2.42. The van der Waals surface area contributed by atoms with Crippen LogP contribution in [0.4, 0.5) is 0 Å². The molecule has 0 aliphatic carbocycles. The zero-order valence-corrected chi connectivity index (χ0v) is 9.81. The van der Waals surface area contributed by atoms with Crippen molar-refractivity contribution in [3.05, 3.63) is 29.8 Å². The Labute approximate surface area is 100 Å². The molecule has 0 amide bonds. The normalized spacial score (nSPS) is 22.9. The topological polar surface area (TPSA) is 55.8 Å². The molecule has 1 N–H and O–H groups in total. The highest BCUT2D eigenvalue weighted by Crippen LogP contribution is 2.45. The standard InChI is InChI=1S/C13H16O4/c1-16-11-5-3-2-4-10(11)13(8-9-17-13)7-6-12(14)15/h2-5H,6-9H2,1H3,(H,14,15). The number of carbonyl (C=O) groups is 1. The molecule has 4 heteroatoms. The molecular formula is C13H16O4. The van der Waals surface area contributed by atoms with Crippen LogP contribution in [0, 0.1) is 0 Å². The van der Waals surface area contributed by atoms with Crippen LogP contribution in [0.25, 0.3) is 0 Å². The van der Waals surface area contributed by atoms with E-state index in [-0.39, 0.29) is 6.42 Å². The van der Waals surface area contributed by atoms with Crippen LogP contribution in [0.1, 0.15) is 24.8 Å². The molecule has 1 saturated heterocycles. The molecule has 0 aromatic heterocycles. The number of para-hydroxylation sites is 1. The number of benzene rings is 1. The number of methoxy groups -OCH3 is 1. The molecular weight excluding hydrogens is 220 g/mol. The summed E-state index contributed by atoms with van der Waals surface area (Å²) in [7, 11) is 1.61. The summed E-state index contributed by atoms with van der Waals surface area (Å²) in [5, 5.41) is 8.78. The molecule has 1 aromatic rings. The zero-order chi connectivity index (χ0) is 12.3. The summed E-state index contributed by atoms with van der Waals surface area (Å²) in [6.45, 7) is 0.678. The summed E-state index contributed by atoms with van der Waals surface area (Å²) in [6.07, 6.45) is 1.45. The second-order valence-corrected chi connectivity index (χ2v) is 4.19. The summed E-state index contributed by atoms with van der Waals surface area (Å²) in [5.74, 6) is -0.0349. The number of aliphatic carboxylic acids is 1. The summed E-state index contributed by atoms with van der Waals surface area (Å²) in [6, 6.07) is 7.63. The largest absolute Gasteiger partial charge is 0.496 e. The minimum Gasteiger partial charge on any atom is -0.496 e. The Kier molecular flexibility index (Phi) is 3.33. The van der Waals surface area contributed by atoms with E-state index < -0.39 is 11.6 Å². The highest BCUT2D eigenvalue weighted by molar-refractivity contribution is 5.67. The number of rotatable bonds is 5. The Morgan fingerprint density at radius 2 is 2.24 bits per heavy atom. The SMILES string of the molecule is COc1ccccc1C1(CCC(=O)O)CCO1. The van der Waals surface area contributed by atoms with Crippen LogP contribution >= 0.6 is 0 Å². The van der Waals surface area contributed by atoms with Gasteiger partial charge in [-0.15, -0.1) is 0 Å². The predicted molar refractivity (Wildman–Crippen MR) is 62.1 cm³/mol. The van der Waals surface area contributed by atoms with Crippen molar-refractivity contribution in [2.75, 3.05) is 13.7 Å². The van der Waals surface area contributed by atoms with Gasteiger partial charge in [-0.3, -0.25) is 4.79 Å². The van der Waals surface area contributed by atoms with Crippen molar-refractivity contribution in [3.63, 3.8) is 0 Å². The molecule has 1 heterocycles. The molecule has 4 nitrogen and oxygen atoms in total. The van der Waals surface area contributed by atoms with Crippen molar-refractivity contribution >= 4 is 5.97 Å². The lowest BCUT2D eigenvalue weighted by molar-refractivity contribution is -0.166. The summed E-state index contributed by atoms with van der Waals surface area (Å²) < 4.78 is 11.0. The first-order chi connectivity index (χ1) is 8.18. The van der Waals surface area contributed by atoms with Crippen LogP contribution in [0.2, 0.25) is 0 Å². The maximum atomic E-state index is 10.7. The highest BCUT2D eigenvalue weighted by Gasteiger charge is 2.42. The van der Waals surface area contributed by atoms with Crippen molar-refractivity contribution in [3.8, 4) is 5.75 Å². The Hall–Kier alpha value is -1.55. The van der Waals surface area contributed by atoms with Crippen LogP contribution in [-0.4, -0.2) is 24.8 Å². The van der Waals surface area contributed by atoms with Crippen LogP contribution in [0.3, 0.4) is 0 Å². The molecule has 92 valence electrons. The first kappa shape index (κ1) is 11.9. The predicted octanol–water partition coefficient (Wildman–Crippen LogP) is 2.18. The maximum Gasteiger partial charge on any atom is 0.303 e. The Bertz CT molecular complexity index is 410. The van der Waals surface area contributed by atoms with E-state index in [1.54, 1.807) is 7.11 Å². The summed E-state index contributed by atoms with van der Waals surface area (Å²) in [5.41, 5.74) is 0.486. The molecule has 0 bridgehead atoms. The van der Waals surface area contributed by atoms with Gasteiger partial charge in [-0.05, 0) is 12.5 Å². The third-order valence-corrected chi connectivity index (χ3v) is 3.22. The van der Waals surface area contributed by atoms with Crippen molar-refractivity contribution in [1.82, 2.24) is 0 Å². The van der Waals surface area contributed by atoms with E-state index >= 15 is 0 Å². The van der Waals surface area contributed by atoms with E-state index in [0.29, 0.717) is 13.0 Å². The van der Waals surface area contributed by atoms with E-state index in [1.807, 2.05) is 24.3 Å². The smallest absolute Gasteiger partial charge is 0.303 e. The minimum absolute atomic E-state index is 0.109. The van der Waals surface area contributed by atoms with Crippen LogP contribution < -0.4 is 4.74 Å². The first-order valence-corrected chi connectivity index (χ1v) is 5.67. The fourth-order valence-corrected chi connectivity index (χ4v) is 2.22. The quantitative estimate of drug-likeness (QED) is 0.851. The Morgan fingerprint density at radius 1 is 1.53 bits per heavy atom. The Balaban J connectivity index is 2.24. The molecule has 1 aromatic carbocycles. The fraction of sp³-hybridized carbons (Fsp3) is 0.462. The average Bonchev–Trinajstić information content (AvgIpc) is 2.28. The molecule has 1 aliphatic rings. The van der Waals surface area contributed by atoms with E-state index in [4.69, 9.17) is 14.6 Å². The van der Waals surface area contributed by atoms with E-state index in [9.17, 15) is 4.79 Å². The van der Waals surface area contributed by atoms with Gasteiger partial charge in [0.05, 0.1) is 19.3 Å². The molecule has 0 saturated carbocycles. The molecule has 1 unspecified atom stereocenters. The maximum absolute atomic E-state index is 10.7. The first-order valence-electron chi connectivity index (χ1n) is 5.67. The van der Waals surface area contributed by atoms with Crippen molar-refractivity contribution < 1.29 is 19.4 Å². The number of hydrogen-bond acceptors (Lipinski definition) is 3. The average molecular weight is 236 g/mol. The third-order valence-electron chi connectivity index (χ3n) is 3.22. The Morgan fingerprint density at radius 3 is 2.76 bits per heavy atom. The van der Waals surface area contributed by atoms with Gasteiger partial charge >= 0.3 is 5.97 Å². The molecule has 1 atom stereocenters. The fourth-order valence-electron chi connectivity index (χ4n) is 2.22. The van der Waals surface area contributed by atoms with Crippen molar-refractivity contribution in [2.24, 2.45) is 0 Å². The monoisotopic (exact) mass is 236 g/mol. The van der Waals surface area contributed by atoms with E-state index in [0.717, 1.165) is 17.7 Å². The van der Waals surface area contributed by atoms with Crippen LogP contribution in [-0.2, 0) is 15.1 Å². The lowest BCUT2D eigenvalue weighted by Crippen LogP contribution is -2.41. The summed E-state index contributed by atoms with van der Waals surface area (Å²) in [4.78, 5) is 10.7. The molecule has 1 fully saturated rings. The third kappa shape index (κ3) is 2.26. The van der Waals surface area contributed by atoms with Gasteiger partial charge in [0.25, 0.3) is 0 Å². The van der Waals surface area contributed by atoms with Gasteiger partial charge in [0.1, 0.15) is 5.75 Å². The van der Waals surface area contributed by atoms with Gasteiger partial charge in [0.15, 0.2) is 0 Å². The van der Waals surface area contributed by atoms with E-state index in [2.05, 4.69) is 0 Å². The highest BCUT2D eigenvalue weighted by atomic mass is 16.5. The molecule has 1 aliphatic heterocycles. The molecule has 17 heavy (non-hydrogen) atoms.